The second-order valence-corrected chi connectivity index (χ2v) is 4.34. The normalized spacial score (nSPS) is 11.0. The van der Waals surface area contributed by atoms with Gasteiger partial charge in [-0.05, 0) is 30.0 Å². The molecule has 3 aromatic heterocycles. The zero-order chi connectivity index (χ0) is 10.3. The Balaban J connectivity index is 2.30. The number of aryl methyl sites for hydroxylation is 1. The predicted octanol–water partition coefficient (Wildman–Crippen LogP) is 2.77. The molecule has 0 spiro atoms. The molecule has 4 heteroatoms. The van der Waals surface area contributed by atoms with E-state index in [2.05, 4.69) is 28.5 Å². The number of rotatable bonds is 1. The van der Waals surface area contributed by atoms with Crippen molar-refractivity contribution in [2.75, 3.05) is 0 Å². The van der Waals surface area contributed by atoms with E-state index in [0.717, 1.165) is 11.2 Å². The van der Waals surface area contributed by atoms with Crippen LogP contribution in [-0.2, 0) is 0 Å². The Kier molecular flexibility index (Phi) is 1.82. The summed E-state index contributed by atoms with van der Waals surface area (Å²) >= 11 is 1.74. The van der Waals surface area contributed by atoms with E-state index in [9.17, 15) is 0 Å². The van der Waals surface area contributed by atoms with Crippen molar-refractivity contribution >= 4 is 17.0 Å². The first-order valence-electron chi connectivity index (χ1n) is 4.68. The standard InChI is InChI=1S/C11H9N3S/c1-8-6-10(15-7-8)9-2-3-13-14-5-4-12-11(9)14/h2-7H,1H3. The monoisotopic (exact) mass is 215 g/mol. The van der Waals surface area contributed by atoms with E-state index in [1.807, 2.05) is 12.3 Å². The van der Waals surface area contributed by atoms with Crippen molar-refractivity contribution in [2.24, 2.45) is 0 Å². The van der Waals surface area contributed by atoms with Crippen molar-refractivity contribution in [3.05, 3.63) is 41.7 Å². The average molecular weight is 215 g/mol. The lowest BCUT2D eigenvalue weighted by molar-refractivity contribution is 0.938. The average Bonchev–Trinajstić information content (AvgIpc) is 2.84. The number of imidazole rings is 1. The fraction of sp³-hybridized carbons (Fsp3) is 0.0909. The van der Waals surface area contributed by atoms with Gasteiger partial charge in [0.15, 0.2) is 5.65 Å². The highest BCUT2D eigenvalue weighted by molar-refractivity contribution is 7.13. The van der Waals surface area contributed by atoms with Gasteiger partial charge >= 0.3 is 0 Å². The summed E-state index contributed by atoms with van der Waals surface area (Å²) in [5, 5.41) is 6.34. The van der Waals surface area contributed by atoms with Crippen molar-refractivity contribution in [2.45, 2.75) is 6.92 Å². The van der Waals surface area contributed by atoms with Crippen molar-refractivity contribution in [3.8, 4) is 10.4 Å². The summed E-state index contributed by atoms with van der Waals surface area (Å²) in [4.78, 5) is 5.55. The highest BCUT2D eigenvalue weighted by Gasteiger charge is 2.06. The predicted molar refractivity (Wildman–Crippen MR) is 61.0 cm³/mol. The van der Waals surface area contributed by atoms with Crippen LogP contribution in [0.15, 0.2) is 36.1 Å². The molecule has 3 aromatic rings. The third-order valence-corrected chi connectivity index (χ3v) is 3.37. The number of nitrogens with zero attached hydrogens (tertiary/aromatic N) is 3. The third-order valence-electron chi connectivity index (χ3n) is 2.29. The van der Waals surface area contributed by atoms with Crippen molar-refractivity contribution in [1.82, 2.24) is 14.6 Å². The lowest BCUT2D eigenvalue weighted by atomic mass is 10.2. The first-order chi connectivity index (χ1) is 7.34. The highest BCUT2D eigenvalue weighted by atomic mass is 32.1. The summed E-state index contributed by atoms with van der Waals surface area (Å²) < 4.78 is 1.80. The second kappa shape index (κ2) is 3.17. The van der Waals surface area contributed by atoms with Gasteiger partial charge in [0, 0.05) is 29.0 Å². The summed E-state index contributed by atoms with van der Waals surface area (Å²) in [7, 11) is 0. The second-order valence-electron chi connectivity index (χ2n) is 3.43. The van der Waals surface area contributed by atoms with Crippen molar-refractivity contribution in [3.63, 3.8) is 0 Å². The largest absolute Gasteiger partial charge is 0.235 e. The van der Waals surface area contributed by atoms with Gasteiger partial charge in [-0.15, -0.1) is 11.3 Å². The van der Waals surface area contributed by atoms with E-state index in [0.29, 0.717) is 0 Å². The molecule has 0 fully saturated rings. The Morgan fingerprint density at radius 2 is 2.27 bits per heavy atom. The Hall–Kier alpha value is -1.68. The third kappa shape index (κ3) is 1.34. The van der Waals surface area contributed by atoms with Gasteiger partial charge in [0.1, 0.15) is 0 Å². The maximum absolute atomic E-state index is 4.31. The van der Waals surface area contributed by atoms with Gasteiger partial charge in [-0.1, -0.05) is 0 Å². The molecule has 0 aliphatic heterocycles. The topological polar surface area (TPSA) is 30.2 Å². The first-order valence-corrected chi connectivity index (χ1v) is 5.56. The number of aromatic nitrogens is 3. The van der Waals surface area contributed by atoms with E-state index in [-0.39, 0.29) is 0 Å². The van der Waals surface area contributed by atoms with Crippen LogP contribution >= 0.6 is 11.3 Å². The van der Waals surface area contributed by atoms with Crippen LogP contribution in [0.5, 0.6) is 0 Å². The molecule has 0 radical (unpaired) electrons. The molecule has 0 bridgehead atoms. The van der Waals surface area contributed by atoms with Gasteiger partial charge in [0.25, 0.3) is 0 Å². The van der Waals surface area contributed by atoms with Crippen LogP contribution in [0.2, 0.25) is 0 Å². The van der Waals surface area contributed by atoms with Gasteiger partial charge in [0.05, 0.1) is 0 Å². The quantitative estimate of drug-likeness (QED) is 0.624. The molecule has 3 rings (SSSR count). The van der Waals surface area contributed by atoms with E-state index in [1.54, 1.807) is 28.2 Å². The molecular formula is C11H9N3S. The lowest BCUT2D eigenvalue weighted by Gasteiger charge is -1.98. The molecule has 0 N–H and O–H groups in total. The number of hydrogen-bond donors (Lipinski definition) is 0. The van der Waals surface area contributed by atoms with Crippen LogP contribution in [0.3, 0.4) is 0 Å². The SMILES string of the molecule is Cc1csc(-c2ccnn3ccnc23)c1. The van der Waals surface area contributed by atoms with Crippen molar-refractivity contribution in [1.29, 1.82) is 0 Å². The lowest BCUT2D eigenvalue weighted by Crippen LogP contribution is -1.90. The molecular weight excluding hydrogens is 206 g/mol. The summed E-state index contributed by atoms with van der Waals surface area (Å²) in [5.41, 5.74) is 3.35. The van der Waals surface area contributed by atoms with Gasteiger partial charge in [-0.3, -0.25) is 0 Å². The van der Waals surface area contributed by atoms with E-state index in [4.69, 9.17) is 0 Å². The molecule has 74 valence electrons. The molecule has 0 saturated carbocycles. The fourth-order valence-corrected chi connectivity index (χ4v) is 2.52. The fourth-order valence-electron chi connectivity index (χ4n) is 1.60. The summed E-state index contributed by atoms with van der Waals surface area (Å²) in [6.07, 6.45) is 5.44. The van der Waals surface area contributed by atoms with Crippen LogP contribution in [0.25, 0.3) is 16.1 Å². The zero-order valence-electron chi connectivity index (χ0n) is 8.21. The minimum absolute atomic E-state index is 0.916. The van der Waals surface area contributed by atoms with Crippen LogP contribution in [-0.4, -0.2) is 14.6 Å². The highest BCUT2D eigenvalue weighted by Crippen LogP contribution is 2.28. The maximum atomic E-state index is 4.31. The number of fused-ring (bicyclic) bond motifs is 1. The molecule has 15 heavy (non-hydrogen) atoms. The van der Waals surface area contributed by atoms with Crippen LogP contribution in [0.1, 0.15) is 5.56 Å². The van der Waals surface area contributed by atoms with Gasteiger partial charge in [0.2, 0.25) is 0 Å². The minimum atomic E-state index is 0.916. The zero-order valence-corrected chi connectivity index (χ0v) is 9.03. The molecule has 3 heterocycles. The molecule has 0 saturated heterocycles. The molecule has 0 amide bonds. The van der Waals surface area contributed by atoms with Crippen molar-refractivity contribution < 1.29 is 0 Å². The summed E-state index contributed by atoms with van der Waals surface area (Å²) in [5.74, 6) is 0. The van der Waals surface area contributed by atoms with Gasteiger partial charge in [-0.25, -0.2) is 9.50 Å². The Morgan fingerprint density at radius 1 is 1.33 bits per heavy atom. The number of hydrogen-bond acceptors (Lipinski definition) is 3. The van der Waals surface area contributed by atoms with E-state index < -0.39 is 0 Å². The van der Waals surface area contributed by atoms with Crippen LogP contribution < -0.4 is 0 Å². The Morgan fingerprint density at radius 3 is 3.07 bits per heavy atom. The molecule has 0 aliphatic rings. The molecule has 3 nitrogen and oxygen atoms in total. The van der Waals surface area contributed by atoms with Crippen LogP contribution in [0.4, 0.5) is 0 Å². The molecule has 0 atom stereocenters. The Bertz CT molecular complexity index is 609. The van der Waals surface area contributed by atoms with Gasteiger partial charge in [-0.2, -0.15) is 5.10 Å². The van der Waals surface area contributed by atoms with Crippen LogP contribution in [0, 0.1) is 6.92 Å². The summed E-state index contributed by atoms with van der Waals surface area (Å²) in [6, 6.07) is 4.18. The minimum Gasteiger partial charge on any atom is -0.235 e. The van der Waals surface area contributed by atoms with E-state index >= 15 is 0 Å². The Labute approximate surface area is 91.0 Å². The smallest absolute Gasteiger partial charge is 0.162 e. The van der Waals surface area contributed by atoms with Gasteiger partial charge < -0.3 is 0 Å². The van der Waals surface area contributed by atoms with E-state index in [1.165, 1.54) is 10.4 Å². The first kappa shape index (κ1) is 8.61. The summed E-state index contributed by atoms with van der Waals surface area (Å²) in [6.45, 7) is 2.10. The molecule has 0 unspecified atom stereocenters. The maximum Gasteiger partial charge on any atom is 0.162 e. The molecule has 0 aromatic carbocycles. The molecule has 0 aliphatic carbocycles. The number of thiophene rings is 1.